The molecule has 0 spiro atoms. The molecule has 1 fully saturated rings. The summed E-state index contributed by atoms with van der Waals surface area (Å²) in [4.78, 5) is 11.0. The Morgan fingerprint density at radius 3 is 2.19 bits per heavy atom. The number of hydrogen-bond donors (Lipinski definition) is 0. The van der Waals surface area contributed by atoms with Gasteiger partial charge in [-0.3, -0.25) is 10.1 Å². The van der Waals surface area contributed by atoms with Gasteiger partial charge in [0.2, 0.25) is 0 Å². The molecule has 1 aliphatic heterocycles. The highest BCUT2D eigenvalue weighted by molar-refractivity contribution is 6.62. The molecule has 1 heterocycles. The first kappa shape index (κ1) is 19.4. The van der Waals surface area contributed by atoms with Crippen molar-refractivity contribution in [1.82, 2.24) is 0 Å². The molecular weight excluding hydrogens is 345 g/mol. The van der Waals surface area contributed by atoms with Crippen LogP contribution in [-0.4, -0.2) is 23.2 Å². The zero-order valence-corrected chi connectivity index (χ0v) is 16.3. The summed E-state index contributed by atoms with van der Waals surface area (Å²) in [5.41, 5.74) is 0.565. The Morgan fingerprint density at radius 2 is 1.63 bits per heavy atom. The lowest BCUT2D eigenvalue weighted by Gasteiger charge is -2.32. The van der Waals surface area contributed by atoms with Crippen LogP contribution in [0.2, 0.25) is 0 Å². The van der Waals surface area contributed by atoms with Crippen LogP contribution in [0.3, 0.4) is 0 Å². The van der Waals surface area contributed by atoms with Crippen LogP contribution in [0.1, 0.15) is 46.3 Å². The average molecular weight is 369 g/mol. The molecule has 2 aromatic rings. The van der Waals surface area contributed by atoms with E-state index in [0.29, 0.717) is 5.46 Å². The normalized spacial score (nSPS) is 18.9. The first-order chi connectivity index (χ1) is 12.6. The standard InChI is InChI=1S/C20H24BNO5/c1-14(15-9-7-6-8-10-15)25-18-13-16(11-12-17(18)22(23)24)21-26-19(2,3)20(4,5)27-21/h6-14H,1-5H3. The molecule has 2 aromatic carbocycles. The van der Waals surface area contributed by atoms with Gasteiger partial charge in [-0.25, -0.2) is 0 Å². The van der Waals surface area contributed by atoms with E-state index in [1.165, 1.54) is 6.07 Å². The molecule has 0 amide bonds. The average Bonchev–Trinajstić information content (AvgIpc) is 2.83. The van der Waals surface area contributed by atoms with Crippen molar-refractivity contribution in [2.24, 2.45) is 0 Å². The maximum Gasteiger partial charge on any atom is 0.494 e. The molecule has 142 valence electrons. The largest absolute Gasteiger partial charge is 0.494 e. The third-order valence-corrected chi connectivity index (χ3v) is 5.28. The van der Waals surface area contributed by atoms with Crippen LogP contribution in [0.5, 0.6) is 5.75 Å². The number of nitrogens with zero attached hydrogens (tertiary/aromatic N) is 1. The van der Waals surface area contributed by atoms with Crippen molar-refractivity contribution in [2.75, 3.05) is 0 Å². The molecule has 0 aliphatic carbocycles. The highest BCUT2D eigenvalue weighted by Gasteiger charge is 2.51. The van der Waals surface area contributed by atoms with E-state index in [0.717, 1.165) is 5.56 Å². The molecule has 1 saturated heterocycles. The van der Waals surface area contributed by atoms with Gasteiger partial charge in [0.25, 0.3) is 0 Å². The minimum Gasteiger partial charge on any atom is -0.479 e. The lowest BCUT2D eigenvalue weighted by atomic mass is 9.79. The second kappa shape index (κ2) is 6.98. The predicted octanol–water partition coefficient (Wildman–Crippen LogP) is 4.03. The van der Waals surface area contributed by atoms with Gasteiger partial charge in [0.05, 0.1) is 16.1 Å². The van der Waals surface area contributed by atoms with E-state index in [9.17, 15) is 10.1 Å². The summed E-state index contributed by atoms with van der Waals surface area (Å²) in [6.07, 6.45) is -0.335. The lowest BCUT2D eigenvalue weighted by molar-refractivity contribution is -0.386. The van der Waals surface area contributed by atoms with E-state index in [1.54, 1.807) is 12.1 Å². The van der Waals surface area contributed by atoms with Crippen molar-refractivity contribution in [3.63, 3.8) is 0 Å². The summed E-state index contributed by atoms with van der Waals surface area (Å²) in [6.45, 7) is 9.72. The number of rotatable bonds is 5. The van der Waals surface area contributed by atoms with Gasteiger partial charge in [0, 0.05) is 6.07 Å². The van der Waals surface area contributed by atoms with Gasteiger partial charge in [0.1, 0.15) is 6.10 Å². The van der Waals surface area contributed by atoms with Crippen LogP contribution in [0.25, 0.3) is 0 Å². The zero-order chi connectivity index (χ0) is 19.8. The Morgan fingerprint density at radius 1 is 1.04 bits per heavy atom. The fourth-order valence-corrected chi connectivity index (χ4v) is 2.88. The Hall–Kier alpha value is -2.38. The van der Waals surface area contributed by atoms with Crippen molar-refractivity contribution in [1.29, 1.82) is 0 Å². The van der Waals surface area contributed by atoms with Gasteiger partial charge in [-0.15, -0.1) is 0 Å². The lowest BCUT2D eigenvalue weighted by Crippen LogP contribution is -2.41. The summed E-state index contributed by atoms with van der Waals surface area (Å²) in [7, 11) is -0.606. The van der Waals surface area contributed by atoms with Crippen LogP contribution >= 0.6 is 0 Å². The van der Waals surface area contributed by atoms with Crippen LogP contribution < -0.4 is 10.2 Å². The van der Waals surface area contributed by atoms with Crippen molar-refractivity contribution >= 4 is 18.3 Å². The third kappa shape index (κ3) is 3.84. The first-order valence-corrected chi connectivity index (χ1v) is 8.96. The summed E-state index contributed by atoms with van der Waals surface area (Å²) in [5.74, 6) is 0.198. The van der Waals surface area contributed by atoms with Gasteiger partial charge in [-0.2, -0.15) is 0 Å². The Labute approximate surface area is 159 Å². The summed E-state index contributed by atoms with van der Waals surface area (Å²) >= 11 is 0. The van der Waals surface area contributed by atoms with Crippen LogP contribution in [0.15, 0.2) is 48.5 Å². The van der Waals surface area contributed by atoms with E-state index in [1.807, 2.05) is 65.0 Å². The maximum absolute atomic E-state index is 11.4. The highest BCUT2D eigenvalue weighted by atomic mass is 16.7. The number of benzene rings is 2. The Kier molecular flexibility index (Phi) is 5.01. The molecule has 6 nitrogen and oxygen atoms in total. The summed E-state index contributed by atoms with van der Waals surface area (Å²) < 4.78 is 18.0. The van der Waals surface area contributed by atoms with Crippen LogP contribution in [0, 0.1) is 10.1 Å². The molecule has 0 saturated carbocycles. The van der Waals surface area contributed by atoms with E-state index >= 15 is 0 Å². The quantitative estimate of drug-likeness (QED) is 0.452. The van der Waals surface area contributed by atoms with E-state index < -0.39 is 23.2 Å². The molecule has 1 atom stereocenters. The topological polar surface area (TPSA) is 70.8 Å². The second-order valence-corrected chi connectivity index (χ2v) is 7.74. The smallest absolute Gasteiger partial charge is 0.479 e. The van der Waals surface area contributed by atoms with Gasteiger partial charge < -0.3 is 14.0 Å². The Balaban J connectivity index is 1.91. The molecule has 0 radical (unpaired) electrons. The first-order valence-electron chi connectivity index (χ1n) is 8.96. The van der Waals surface area contributed by atoms with E-state index in [4.69, 9.17) is 14.0 Å². The fourth-order valence-electron chi connectivity index (χ4n) is 2.88. The fraction of sp³-hybridized carbons (Fsp3) is 0.400. The summed E-state index contributed by atoms with van der Waals surface area (Å²) in [5, 5.41) is 11.4. The molecular formula is C20H24BNO5. The van der Waals surface area contributed by atoms with E-state index in [-0.39, 0.29) is 17.5 Å². The molecule has 1 unspecified atom stereocenters. The monoisotopic (exact) mass is 369 g/mol. The minimum absolute atomic E-state index is 0.0851. The Bertz CT molecular complexity index is 822. The molecule has 0 N–H and O–H groups in total. The van der Waals surface area contributed by atoms with Gasteiger partial charge in [0.15, 0.2) is 5.75 Å². The zero-order valence-electron chi connectivity index (χ0n) is 16.3. The van der Waals surface area contributed by atoms with E-state index in [2.05, 4.69) is 0 Å². The SMILES string of the molecule is CC(Oc1cc(B2OC(C)(C)C(C)(C)O2)ccc1[N+](=O)[O-])c1ccccc1. The summed E-state index contributed by atoms with van der Waals surface area (Å²) in [6, 6.07) is 14.3. The number of hydrogen-bond acceptors (Lipinski definition) is 5. The molecule has 27 heavy (non-hydrogen) atoms. The molecule has 0 aromatic heterocycles. The van der Waals surface area contributed by atoms with Gasteiger partial charge in [-0.1, -0.05) is 36.4 Å². The van der Waals surface area contributed by atoms with Crippen molar-refractivity contribution in [2.45, 2.75) is 51.9 Å². The van der Waals surface area contributed by atoms with Crippen LogP contribution in [-0.2, 0) is 9.31 Å². The predicted molar refractivity (Wildman–Crippen MR) is 104 cm³/mol. The molecule has 7 heteroatoms. The van der Waals surface area contributed by atoms with Crippen molar-refractivity contribution < 1.29 is 19.0 Å². The molecule has 3 rings (SSSR count). The van der Waals surface area contributed by atoms with Gasteiger partial charge in [-0.05, 0) is 51.7 Å². The number of nitro benzene ring substituents is 1. The third-order valence-electron chi connectivity index (χ3n) is 5.28. The molecule has 0 bridgehead atoms. The molecule has 1 aliphatic rings. The number of nitro groups is 1. The minimum atomic E-state index is -0.606. The van der Waals surface area contributed by atoms with Crippen molar-refractivity contribution in [3.05, 3.63) is 64.2 Å². The second-order valence-electron chi connectivity index (χ2n) is 7.74. The number of ether oxygens (including phenoxy) is 1. The highest BCUT2D eigenvalue weighted by Crippen LogP contribution is 2.37. The van der Waals surface area contributed by atoms with Crippen molar-refractivity contribution in [3.8, 4) is 5.75 Å². The van der Waals surface area contributed by atoms with Gasteiger partial charge >= 0.3 is 12.8 Å². The van der Waals surface area contributed by atoms with Crippen LogP contribution in [0.4, 0.5) is 5.69 Å². The maximum atomic E-state index is 11.4.